The monoisotopic (exact) mass is 281 g/mol. The van der Waals surface area contributed by atoms with Crippen LogP contribution in [0.25, 0.3) is 0 Å². The Kier molecular flexibility index (Phi) is 4.63. The number of nitrogens with zero attached hydrogens (tertiary/aromatic N) is 1. The molecule has 1 saturated carbocycles. The molecule has 0 amide bonds. The summed E-state index contributed by atoms with van der Waals surface area (Å²) in [5.41, 5.74) is -0.159. The van der Waals surface area contributed by atoms with Crippen molar-refractivity contribution in [2.24, 2.45) is 0 Å². The standard InChI is InChI=1S/C15H23NO2S/c1-12(13-7-6-10-19-13)16(2)15(11-14(17)18)8-4-3-5-9-15/h6-7,10,12H,3-5,8-9,11H2,1-2H3,(H,17,18). The Morgan fingerprint density at radius 1 is 1.47 bits per heavy atom. The fourth-order valence-electron chi connectivity index (χ4n) is 3.28. The van der Waals surface area contributed by atoms with Crippen LogP contribution in [0.1, 0.15) is 56.4 Å². The summed E-state index contributed by atoms with van der Waals surface area (Å²) in [6, 6.07) is 4.50. The van der Waals surface area contributed by atoms with Crippen LogP contribution >= 0.6 is 11.3 Å². The van der Waals surface area contributed by atoms with Crippen LogP contribution in [0, 0.1) is 0 Å². The fourth-order valence-corrected chi connectivity index (χ4v) is 4.10. The summed E-state index contributed by atoms with van der Waals surface area (Å²) < 4.78 is 0. The van der Waals surface area contributed by atoms with E-state index in [0.29, 0.717) is 0 Å². The van der Waals surface area contributed by atoms with Gasteiger partial charge >= 0.3 is 5.97 Å². The third-order valence-electron chi connectivity index (χ3n) is 4.55. The molecule has 0 aromatic carbocycles. The van der Waals surface area contributed by atoms with Gasteiger partial charge in [-0.25, -0.2) is 0 Å². The summed E-state index contributed by atoms with van der Waals surface area (Å²) in [6.07, 6.45) is 5.81. The number of hydrogen-bond donors (Lipinski definition) is 1. The van der Waals surface area contributed by atoms with Gasteiger partial charge in [0, 0.05) is 16.5 Å². The highest BCUT2D eigenvalue weighted by molar-refractivity contribution is 7.10. The highest BCUT2D eigenvalue weighted by Crippen LogP contribution is 2.40. The Bertz CT molecular complexity index is 410. The molecule has 1 aliphatic rings. The second-order valence-corrected chi connectivity index (χ2v) is 6.64. The van der Waals surface area contributed by atoms with Crippen LogP contribution in [0.15, 0.2) is 17.5 Å². The van der Waals surface area contributed by atoms with Gasteiger partial charge in [-0.15, -0.1) is 11.3 Å². The van der Waals surface area contributed by atoms with E-state index in [1.54, 1.807) is 11.3 Å². The predicted molar refractivity (Wildman–Crippen MR) is 78.6 cm³/mol. The van der Waals surface area contributed by atoms with Crippen molar-refractivity contribution in [1.82, 2.24) is 4.90 Å². The first kappa shape index (κ1) is 14.5. The molecule has 0 saturated heterocycles. The van der Waals surface area contributed by atoms with E-state index in [4.69, 9.17) is 0 Å². The Hall–Kier alpha value is -0.870. The van der Waals surface area contributed by atoms with Crippen LogP contribution in [0.2, 0.25) is 0 Å². The van der Waals surface area contributed by atoms with Crippen molar-refractivity contribution in [3.05, 3.63) is 22.4 Å². The topological polar surface area (TPSA) is 40.5 Å². The Balaban J connectivity index is 2.19. The molecule has 1 aromatic heterocycles. The van der Waals surface area contributed by atoms with Gasteiger partial charge in [0.15, 0.2) is 0 Å². The molecular weight excluding hydrogens is 258 g/mol. The molecule has 0 bridgehead atoms. The van der Waals surface area contributed by atoms with Crippen LogP contribution < -0.4 is 0 Å². The van der Waals surface area contributed by atoms with E-state index >= 15 is 0 Å². The Morgan fingerprint density at radius 3 is 2.68 bits per heavy atom. The predicted octanol–water partition coefficient (Wildman–Crippen LogP) is 3.92. The highest BCUT2D eigenvalue weighted by Gasteiger charge is 2.40. The highest BCUT2D eigenvalue weighted by atomic mass is 32.1. The van der Waals surface area contributed by atoms with Gasteiger partial charge in [0.25, 0.3) is 0 Å². The maximum atomic E-state index is 11.3. The molecule has 1 N–H and O–H groups in total. The number of carboxylic acid groups (broad SMARTS) is 1. The lowest BCUT2D eigenvalue weighted by Crippen LogP contribution is -2.50. The maximum Gasteiger partial charge on any atom is 0.305 e. The van der Waals surface area contributed by atoms with Crippen molar-refractivity contribution >= 4 is 17.3 Å². The molecule has 1 aromatic rings. The minimum Gasteiger partial charge on any atom is -0.481 e. The van der Waals surface area contributed by atoms with Gasteiger partial charge < -0.3 is 5.11 Å². The van der Waals surface area contributed by atoms with Gasteiger partial charge in [-0.1, -0.05) is 25.3 Å². The molecule has 1 heterocycles. The molecule has 1 aliphatic carbocycles. The van der Waals surface area contributed by atoms with Crippen LogP contribution in [-0.4, -0.2) is 28.6 Å². The first-order chi connectivity index (χ1) is 9.05. The SMILES string of the molecule is CC(c1cccs1)N(C)C1(CC(=O)O)CCCCC1. The lowest BCUT2D eigenvalue weighted by Gasteiger charge is -2.46. The lowest BCUT2D eigenvalue weighted by molar-refractivity contribution is -0.141. The summed E-state index contributed by atoms with van der Waals surface area (Å²) in [6.45, 7) is 2.18. The second kappa shape index (κ2) is 6.06. The molecule has 106 valence electrons. The first-order valence-electron chi connectivity index (χ1n) is 7.03. The van der Waals surface area contributed by atoms with Crippen LogP contribution in [0.4, 0.5) is 0 Å². The van der Waals surface area contributed by atoms with Crippen molar-refractivity contribution < 1.29 is 9.90 Å². The first-order valence-corrected chi connectivity index (χ1v) is 7.91. The zero-order valence-electron chi connectivity index (χ0n) is 11.8. The van der Waals surface area contributed by atoms with Crippen molar-refractivity contribution in [2.75, 3.05) is 7.05 Å². The summed E-state index contributed by atoms with van der Waals surface area (Å²) >= 11 is 1.75. The molecule has 4 heteroatoms. The van der Waals surface area contributed by atoms with E-state index in [-0.39, 0.29) is 18.0 Å². The van der Waals surface area contributed by atoms with Gasteiger partial charge in [0.2, 0.25) is 0 Å². The van der Waals surface area contributed by atoms with Crippen molar-refractivity contribution in [3.63, 3.8) is 0 Å². The number of hydrogen-bond acceptors (Lipinski definition) is 3. The van der Waals surface area contributed by atoms with E-state index < -0.39 is 5.97 Å². The van der Waals surface area contributed by atoms with Crippen LogP contribution in [0.3, 0.4) is 0 Å². The number of thiophene rings is 1. The number of rotatable bonds is 5. The second-order valence-electron chi connectivity index (χ2n) is 5.66. The fraction of sp³-hybridized carbons (Fsp3) is 0.667. The number of carbonyl (C=O) groups is 1. The molecule has 1 fully saturated rings. The normalized spacial score (nSPS) is 20.4. The van der Waals surface area contributed by atoms with Gasteiger partial charge in [-0.2, -0.15) is 0 Å². The molecule has 2 rings (SSSR count). The van der Waals surface area contributed by atoms with Crippen molar-refractivity contribution in [3.8, 4) is 0 Å². The maximum absolute atomic E-state index is 11.3. The zero-order chi connectivity index (χ0) is 13.9. The smallest absolute Gasteiger partial charge is 0.305 e. The number of carboxylic acids is 1. The average molecular weight is 281 g/mol. The quantitative estimate of drug-likeness (QED) is 0.889. The zero-order valence-corrected chi connectivity index (χ0v) is 12.6. The van der Waals surface area contributed by atoms with E-state index in [9.17, 15) is 9.90 Å². The van der Waals surface area contributed by atoms with E-state index in [2.05, 4.69) is 36.4 Å². The van der Waals surface area contributed by atoms with Crippen molar-refractivity contribution in [1.29, 1.82) is 0 Å². The summed E-state index contributed by atoms with van der Waals surface area (Å²) in [5.74, 6) is -0.674. The number of aliphatic carboxylic acids is 1. The summed E-state index contributed by atoms with van der Waals surface area (Å²) in [7, 11) is 2.10. The average Bonchev–Trinajstić information content (AvgIpc) is 2.91. The van der Waals surface area contributed by atoms with Crippen LogP contribution in [-0.2, 0) is 4.79 Å². The molecule has 1 atom stereocenters. The van der Waals surface area contributed by atoms with Gasteiger partial charge in [-0.3, -0.25) is 9.69 Å². The molecule has 3 nitrogen and oxygen atoms in total. The molecule has 0 spiro atoms. The Morgan fingerprint density at radius 2 is 2.16 bits per heavy atom. The molecular formula is C15H23NO2S. The minimum absolute atomic E-state index is 0.159. The molecule has 0 radical (unpaired) electrons. The van der Waals surface area contributed by atoms with Crippen LogP contribution in [0.5, 0.6) is 0 Å². The van der Waals surface area contributed by atoms with E-state index in [0.717, 1.165) is 25.7 Å². The van der Waals surface area contributed by atoms with Crippen molar-refractivity contribution in [2.45, 2.75) is 57.0 Å². The lowest BCUT2D eigenvalue weighted by atomic mass is 9.77. The summed E-state index contributed by atoms with van der Waals surface area (Å²) in [4.78, 5) is 14.9. The molecule has 1 unspecified atom stereocenters. The molecule has 0 aliphatic heterocycles. The third-order valence-corrected chi connectivity index (χ3v) is 5.59. The minimum atomic E-state index is -0.674. The largest absolute Gasteiger partial charge is 0.481 e. The van der Waals surface area contributed by atoms with E-state index in [1.807, 2.05) is 0 Å². The van der Waals surface area contributed by atoms with E-state index in [1.165, 1.54) is 11.3 Å². The third kappa shape index (κ3) is 3.18. The summed E-state index contributed by atoms with van der Waals surface area (Å²) in [5, 5.41) is 11.4. The van der Waals surface area contributed by atoms with Gasteiger partial charge in [0.1, 0.15) is 0 Å². The van der Waals surface area contributed by atoms with Gasteiger partial charge in [0.05, 0.1) is 6.42 Å². The molecule has 19 heavy (non-hydrogen) atoms. The van der Waals surface area contributed by atoms with Gasteiger partial charge in [-0.05, 0) is 38.3 Å². The Labute approximate surface area is 119 Å².